The van der Waals surface area contributed by atoms with Crippen LogP contribution in [0.4, 0.5) is 5.69 Å². The second-order valence-electron chi connectivity index (χ2n) is 6.00. The fourth-order valence-corrected chi connectivity index (χ4v) is 3.26. The number of para-hydroxylation sites is 1. The Morgan fingerprint density at radius 2 is 1.95 bits per heavy atom. The van der Waals surface area contributed by atoms with E-state index in [1.54, 1.807) is 6.07 Å². The van der Waals surface area contributed by atoms with Crippen LogP contribution in [0.5, 0.6) is 5.75 Å². The molecule has 3 heteroatoms. The number of fused-ring (bicyclic) bond motifs is 1. The lowest BCUT2D eigenvalue weighted by Gasteiger charge is -2.28. The first kappa shape index (κ1) is 14.9. The first-order chi connectivity index (χ1) is 10.8. The second kappa shape index (κ2) is 6.84. The molecule has 2 N–H and O–H groups in total. The van der Waals surface area contributed by atoms with Crippen molar-refractivity contribution in [1.29, 1.82) is 0 Å². The maximum atomic E-state index is 10.0. The standard InChI is InChI=1S/C19H24N2O/c1-21(15-7-3-2-4-8-15)14-13-20-18-11-5-10-17-16(18)9-6-12-19(17)22/h2-4,6-9,12,18,20,22H,5,10-11,13-14H2,1H3/t18-/m0/s1. The van der Waals surface area contributed by atoms with Gasteiger partial charge in [0.15, 0.2) is 0 Å². The van der Waals surface area contributed by atoms with E-state index in [4.69, 9.17) is 0 Å². The minimum atomic E-state index is 0.361. The van der Waals surface area contributed by atoms with Crippen molar-refractivity contribution in [2.24, 2.45) is 0 Å². The highest BCUT2D eigenvalue weighted by Gasteiger charge is 2.21. The quantitative estimate of drug-likeness (QED) is 0.886. The molecule has 3 rings (SSSR count). The molecule has 0 fully saturated rings. The van der Waals surface area contributed by atoms with Gasteiger partial charge in [-0.25, -0.2) is 0 Å². The summed E-state index contributed by atoms with van der Waals surface area (Å²) in [5, 5.41) is 13.7. The first-order valence-electron chi connectivity index (χ1n) is 8.06. The molecule has 0 aliphatic heterocycles. The fourth-order valence-electron chi connectivity index (χ4n) is 3.26. The fraction of sp³-hybridized carbons (Fsp3) is 0.368. The van der Waals surface area contributed by atoms with E-state index in [9.17, 15) is 5.11 Å². The Morgan fingerprint density at radius 1 is 1.14 bits per heavy atom. The van der Waals surface area contributed by atoms with Crippen LogP contribution in [0.3, 0.4) is 0 Å². The van der Waals surface area contributed by atoms with Gasteiger partial charge in [0.25, 0.3) is 0 Å². The van der Waals surface area contributed by atoms with Crippen LogP contribution in [0.25, 0.3) is 0 Å². The molecule has 1 aliphatic carbocycles. The molecule has 1 atom stereocenters. The van der Waals surface area contributed by atoms with Gasteiger partial charge in [0.05, 0.1) is 0 Å². The molecule has 0 heterocycles. The predicted octanol–water partition coefficient (Wildman–Crippen LogP) is 3.50. The molecule has 0 unspecified atom stereocenters. The lowest BCUT2D eigenvalue weighted by atomic mass is 9.87. The van der Waals surface area contributed by atoms with Crippen molar-refractivity contribution in [3.63, 3.8) is 0 Å². The van der Waals surface area contributed by atoms with Crippen molar-refractivity contribution in [2.45, 2.75) is 25.3 Å². The van der Waals surface area contributed by atoms with Crippen molar-refractivity contribution < 1.29 is 5.11 Å². The van der Waals surface area contributed by atoms with E-state index < -0.39 is 0 Å². The summed E-state index contributed by atoms with van der Waals surface area (Å²) in [7, 11) is 2.12. The minimum Gasteiger partial charge on any atom is -0.508 e. The number of anilines is 1. The third kappa shape index (κ3) is 3.25. The molecule has 2 aromatic rings. The number of aromatic hydroxyl groups is 1. The van der Waals surface area contributed by atoms with Gasteiger partial charge in [-0.1, -0.05) is 30.3 Å². The molecule has 0 spiro atoms. The van der Waals surface area contributed by atoms with Gasteiger partial charge in [-0.05, 0) is 48.6 Å². The van der Waals surface area contributed by atoms with Crippen LogP contribution in [-0.2, 0) is 6.42 Å². The molecule has 0 saturated heterocycles. The average Bonchev–Trinajstić information content (AvgIpc) is 2.56. The highest BCUT2D eigenvalue weighted by Crippen LogP contribution is 2.34. The van der Waals surface area contributed by atoms with E-state index >= 15 is 0 Å². The van der Waals surface area contributed by atoms with Crippen LogP contribution < -0.4 is 10.2 Å². The van der Waals surface area contributed by atoms with Crippen LogP contribution in [0.1, 0.15) is 30.0 Å². The second-order valence-corrected chi connectivity index (χ2v) is 6.00. The average molecular weight is 296 g/mol. The van der Waals surface area contributed by atoms with E-state index in [1.165, 1.54) is 11.3 Å². The van der Waals surface area contributed by atoms with Crippen LogP contribution >= 0.6 is 0 Å². The third-order valence-electron chi connectivity index (χ3n) is 4.52. The number of phenolic OH excluding ortho intramolecular Hbond substituents is 1. The van der Waals surface area contributed by atoms with E-state index in [1.807, 2.05) is 12.1 Å². The zero-order valence-corrected chi connectivity index (χ0v) is 13.1. The van der Waals surface area contributed by atoms with Gasteiger partial charge in [-0.2, -0.15) is 0 Å². The summed E-state index contributed by atoms with van der Waals surface area (Å²) in [6.07, 6.45) is 3.27. The van der Waals surface area contributed by atoms with Crippen LogP contribution in [0.15, 0.2) is 48.5 Å². The lowest BCUT2D eigenvalue weighted by Crippen LogP contribution is -2.33. The Morgan fingerprint density at radius 3 is 2.77 bits per heavy atom. The maximum absolute atomic E-state index is 10.0. The number of likely N-dealkylation sites (N-methyl/N-ethyl adjacent to an activating group) is 1. The minimum absolute atomic E-state index is 0.361. The number of benzene rings is 2. The SMILES string of the molecule is CN(CCN[C@H]1CCCc2c(O)cccc21)c1ccccc1. The van der Waals surface area contributed by atoms with E-state index in [0.717, 1.165) is 37.9 Å². The molecule has 0 bridgehead atoms. The van der Waals surface area contributed by atoms with Crippen molar-refractivity contribution in [3.05, 3.63) is 59.7 Å². The summed E-state index contributed by atoms with van der Waals surface area (Å²) in [5.74, 6) is 0.449. The molecule has 2 aromatic carbocycles. The Hall–Kier alpha value is -2.00. The maximum Gasteiger partial charge on any atom is 0.119 e. The van der Waals surface area contributed by atoms with E-state index in [-0.39, 0.29) is 0 Å². The summed E-state index contributed by atoms with van der Waals surface area (Å²) in [4.78, 5) is 2.26. The van der Waals surface area contributed by atoms with Gasteiger partial charge in [0, 0.05) is 31.9 Å². The Bertz CT molecular complexity index is 612. The largest absolute Gasteiger partial charge is 0.508 e. The monoisotopic (exact) mass is 296 g/mol. The van der Waals surface area contributed by atoms with Crippen LogP contribution in [0.2, 0.25) is 0 Å². The van der Waals surface area contributed by atoms with E-state index in [0.29, 0.717) is 11.8 Å². The smallest absolute Gasteiger partial charge is 0.119 e. The molecule has 0 radical (unpaired) electrons. The molecule has 1 aliphatic rings. The number of rotatable bonds is 5. The molecular formula is C19H24N2O. The number of hydrogen-bond donors (Lipinski definition) is 2. The van der Waals surface area contributed by atoms with Crippen molar-refractivity contribution in [2.75, 3.05) is 25.0 Å². The van der Waals surface area contributed by atoms with Gasteiger partial charge in [-0.3, -0.25) is 0 Å². The molecule has 116 valence electrons. The first-order valence-corrected chi connectivity index (χ1v) is 8.06. The summed E-state index contributed by atoms with van der Waals surface area (Å²) >= 11 is 0. The van der Waals surface area contributed by atoms with Crippen LogP contribution in [-0.4, -0.2) is 25.2 Å². The summed E-state index contributed by atoms with van der Waals surface area (Å²) < 4.78 is 0. The van der Waals surface area contributed by atoms with Crippen molar-refractivity contribution in [3.8, 4) is 5.75 Å². The Balaban J connectivity index is 1.58. The Kier molecular flexibility index (Phi) is 4.64. The van der Waals surface area contributed by atoms with Gasteiger partial charge in [0.1, 0.15) is 5.75 Å². The summed E-state index contributed by atoms with van der Waals surface area (Å²) in [6.45, 7) is 1.90. The van der Waals surface area contributed by atoms with Crippen molar-refractivity contribution >= 4 is 5.69 Å². The number of nitrogens with one attached hydrogen (secondary N) is 1. The third-order valence-corrected chi connectivity index (χ3v) is 4.52. The highest BCUT2D eigenvalue weighted by atomic mass is 16.3. The predicted molar refractivity (Wildman–Crippen MR) is 91.5 cm³/mol. The zero-order valence-electron chi connectivity index (χ0n) is 13.1. The molecule has 0 aromatic heterocycles. The van der Waals surface area contributed by atoms with Gasteiger partial charge in [0.2, 0.25) is 0 Å². The number of nitrogens with zero attached hydrogens (tertiary/aromatic N) is 1. The topological polar surface area (TPSA) is 35.5 Å². The van der Waals surface area contributed by atoms with Crippen LogP contribution in [0, 0.1) is 0 Å². The molecule has 22 heavy (non-hydrogen) atoms. The van der Waals surface area contributed by atoms with Gasteiger partial charge < -0.3 is 15.3 Å². The molecular weight excluding hydrogens is 272 g/mol. The lowest BCUT2D eigenvalue weighted by molar-refractivity contribution is 0.432. The number of phenols is 1. The Labute approximate surface area is 132 Å². The summed E-state index contributed by atoms with van der Waals surface area (Å²) in [6, 6.07) is 16.7. The molecule has 0 amide bonds. The molecule has 0 saturated carbocycles. The van der Waals surface area contributed by atoms with Gasteiger partial charge in [-0.15, -0.1) is 0 Å². The molecule has 3 nitrogen and oxygen atoms in total. The zero-order chi connectivity index (χ0) is 15.4. The summed E-state index contributed by atoms with van der Waals surface area (Å²) in [5.41, 5.74) is 3.64. The van der Waals surface area contributed by atoms with Gasteiger partial charge >= 0.3 is 0 Å². The van der Waals surface area contributed by atoms with E-state index in [2.05, 4.69) is 47.6 Å². The highest BCUT2D eigenvalue weighted by molar-refractivity contribution is 5.45. The van der Waals surface area contributed by atoms with Crippen molar-refractivity contribution in [1.82, 2.24) is 5.32 Å². The normalized spacial score (nSPS) is 17.0. The number of hydrogen-bond acceptors (Lipinski definition) is 3.